The van der Waals surface area contributed by atoms with E-state index < -0.39 is 0 Å². The summed E-state index contributed by atoms with van der Waals surface area (Å²) < 4.78 is 5.04. The van der Waals surface area contributed by atoms with E-state index in [1.165, 1.54) is 6.20 Å². The molecule has 0 atom stereocenters. The lowest BCUT2D eigenvalue weighted by molar-refractivity contribution is 0.0947. The van der Waals surface area contributed by atoms with Crippen LogP contribution < -0.4 is 10.1 Å². The highest BCUT2D eigenvalue weighted by Crippen LogP contribution is 2.31. The van der Waals surface area contributed by atoms with Crippen LogP contribution in [0, 0.1) is 0 Å². The minimum Gasteiger partial charge on any atom is -0.481 e. The number of aromatic nitrogens is 1. The maximum atomic E-state index is 12.6. The zero-order valence-electron chi connectivity index (χ0n) is 15.0. The zero-order chi connectivity index (χ0) is 18.4. The number of rotatable bonds is 6. The first-order valence-corrected chi connectivity index (χ1v) is 8.53. The molecule has 0 bridgehead atoms. The van der Waals surface area contributed by atoms with Gasteiger partial charge in [0.15, 0.2) is 0 Å². The fourth-order valence-electron chi connectivity index (χ4n) is 2.98. The number of nitrogens with one attached hydrogen (secondary N) is 1. The van der Waals surface area contributed by atoms with Gasteiger partial charge in [-0.1, -0.05) is 60.7 Å². The molecule has 132 valence electrons. The summed E-state index contributed by atoms with van der Waals surface area (Å²) in [7, 11) is 1.55. The molecule has 26 heavy (non-hydrogen) atoms. The number of pyridine rings is 1. The number of nitrogens with zero attached hydrogens (tertiary/aromatic N) is 1. The fourth-order valence-corrected chi connectivity index (χ4v) is 2.98. The molecule has 0 fully saturated rings. The van der Waals surface area contributed by atoms with E-state index in [0.29, 0.717) is 18.0 Å². The first-order valence-electron chi connectivity index (χ1n) is 8.53. The van der Waals surface area contributed by atoms with Crippen LogP contribution >= 0.6 is 0 Å². The quantitative estimate of drug-likeness (QED) is 0.738. The molecule has 4 nitrogen and oxygen atoms in total. The van der Waals surface area contributed by atoms with E-state index in [9.17, 15) is 4.79 Å². The molecule has 0 saturated carbocycles. The van der Waals surface area contributed by atoms with Crippen LogP contribution in [0.5, 0.6) is 5.88 Å². The van der Waals surface area contributed by atoms with Gasteiger partial charge in [-0.2, -0.15) is 0 Å². The molecule has 3 aromatic rings. The lowest BCUT2D eigenvalue weighted by Gasteiger charge is -2.31. The summed E-state index contributed by atoms with van der Waals surface area (Å²) in [6, 6.07) is 23.8. The molecule has 1 heterocycles. The molecule has 3 rings (SSSR count). The van der Waals surface area contributed by atoms with Crippen molar-refractivity contribution in [2.24, 2.45) is 0 Å². The van der Waals surface area contributed by atoms with Crippen molar-refractivity contribution in [3.8, 4) is 5.88 Å². The van der Waals surface area contributed by atoms with E-state index >= 15 is 0 Å². The third-order valence-electron chi connectivity index (χ3n) is 4.63. The molecule has 0 aliphatic carbocycles. The summed E-state index contributed by atoms with van der Waals surface area (Å²) in [4.78, 5) is 16.7. The smallest absolute Gasteiger partial charge is 0.252 e. The lowest BCUT2D eigenvalue weighted by atomic mass is 9.76. The average Bonchev–Trinajstić information content (AvgIpc) is 2.73. The van der Waals surface area contributed by atoms with Gasteiger partial charge in [-0.3, -0.25) is 4.79 Å². The normalized spacial score (nSPS) is 11.0. The number of methoxy groups -OCH3 is 1. The van der Waals surface area contributed by atoms with Crippen molar-refractivity contribution < 1.29 is 9.53 Å². The second kappa shape index (κ2) is 7.83. The van der Waals surface area contributed by atoms with Gasteiger partial charge in [0.2, 0.25) is 5.88 Å². The third kappa shape index (κ3) is 3.75. The number of carbonyl (C=O) groups is 1. The summed E-state index contributed by atoms with van der Waals surface area (Å²) in [6.45, 7) is 2.62. The van der Waals surface area contributed by atoms with E-state index in [4.69, 9.17) is 4.74 Å². The van der Waals surface area contributed by atoms with Crippen molar-refractivity contribution in [1.29, 1.82) is 0 Å². The highest BCUT2D eigenvalue weighted by molar-refractivity contribution is 5.94. The molecule has 1 N–H and O–H groups in total. The minimum absolute atomic E-state index is 0.154. The molecule has 4 heteroatoms. The number of ether oxygens (including phenoxy) is 1. The largest absolute Gasteiger partial charge is 0.481 e. The molecule has 1 aromatic heterocycles. The van der Waals surface area contributed by atoms with E-state index in [2.05, 4.69) is 41.5 Å². The van der Waals surface area contributed by atoms with E-state index in [1.807, 2.05) is 36.4 Å². The maximum absolute atomic E-state index is 12.6. The number of carbonyl (C=O) groups excluding carboxylic acids is 1. The van der Waals surface area contributed by atoms with E-state index in [0.717, 1.165) is 11.1 Å². The Morgan fingerprint density at radius 3 is 2.00 bits per heavy atom. The molecule has 1 amide bonds. The molecule has 0 aliphatic rings. The van der Waals surface area contributed by atoms with Crippen LogP contribution in [0.2, 0.25) is 0 Å². The van der Waals surface area contributed by atoms with Gasteiger partial charge in [0.1, 0.15) is 0 Å². The van der Waals surface area contributed by atoms with Crippen molar-refractivity contribution >= 4 is 5.91 Å². The van der Waals surface area contributed by atoms with Gasteiger partial charge in [0, 0.05) is 24.2 Å². The number of benzene rings is 2. The molecule has 0 radical (unpaired) electrons. The van der Waals surface area contributed by atoms with Crippen LogP contribution in [0.3, 0.4) is 0 Å². The van der Waals surface area contributed by atoms with Gasteiger partial charge in [0.05, 0.1) is 12.7 Å². The van der Waals surface area contributed by atoms with Gasteiger partial charge < -0.3 is 10.1 Å². The summed E-state index contributed by atoms with van der Waals surface area (Å²) in [6.07, 6.45) is 1.52. The Hall–Kier alpha value is -3.14. The third-order valence-corrected chi connectivity index (χ3v) is 4.63. The SMILES string of the molecule is COc1ccc(C(=O)NCC(C)(c2ccccc2)c2ccccc2)cn1. The molecular formula is C22H22N2O2. The predicted molar refractivity (Wildman–Crippen MR) is 102 cm³/mol. The summed E-state index contributed by atoms with van der Waals surface area (Å²) in [5.41, 5.74) is 2.48. The van der Waals surface area contributed by atoms with Gasteiger partial charge >= 0.3 is 0 Å². The predicted octanol–water partition coefficient (Wildman–Crippen LogP) is 3.83. The van der Waals surface area contributed by atoms with Crippen LogP contribution in [-0.4, -0.2) is 24.5 Å². The Bertz CT molecular complexity index is 807. The van der Waals surface area contributed by atoms with E-state index in [-0.39, 0.29) is 11.3 Å². The molecule has 0 unspecified atom stereocenters. The summed E-state index contributed by atoms with van der Waals surface area (Å²) >= 11 is 0. The van der Waals surface area contributed by atoms with Crippen molar-refractivity contribution in [2.45, 2.75) is 12.3 Å². The van der Waals surface area contributed by atoms with Crippen LogP contribution in [0.15, 0.2) is 79.0 Å². The summed E-state index contributed by atoms with van der Waals surface area (Å²) in [5.74, 6) is 0.332. The topological polar surface area (TPSA) is 51.2 Å². The molecule has 0 aliphatic heterocycles. The second-order valence-corrected chi connectivity index (χ2v) is 6.34. The van der Waals surface area contributed by atoms with Crippen LogP contribution in [-0.2, 0) is 5.41 Å². The molecular weight excluding hydrogens is 324 g/mol. The number of hydrogen-bond donors (Lipinski definition) is 1. The van der Waals surface area contributed by atoms with Gasteiger partial charge in [0.25, 0.3) is 5.91 Å². The van der Waals surface area contributed by atoms with Crippen molar-refractivity contribution in [1.82, 2.24) is 10.3 Å². The Kier molecular flexibility index (Phi) is 5.32. The molecule has 2 aromatic carbocycles. The van der Waals surface area contributed by atoms with Crippen molar-refractivity contribution in [3.63, 3.8) is 0 Å². The Balaban J connectivity index is 1.83. The van der Waals surface area contributed by atoms with Gasteiger partial charge in [-0.25, -0.2) is 4.98 Å². The molecule has 0 spiro atoms. The van der Waals surface area contributed by atoms with E-state index in [1.54, 1.807) is 19.2 Å². The average molecular weight is 346 g/mol. The molecule has 0 saturated heterocycles. The Morgan fingerprint density at radius 2 is 1.54 bits per heavy atom. The fraction of sp³-hybridized carbons (Fsp3) is 0.182. The minimum atomic E-state index is -0.335. The highest BCUT2D eigenvalue weighted by Gasteiger charge is 2.29. The summed E-state index contributed by atoms with van der Waals surface area (Å²) in [5, 5.41) is 3.05. The second-order valence-electron chi connectivity index (χ2n) is 6.34. The number of amides is 1. The zero-order valence-corrected chi connectivity index (χ0v) is 15.0. The standard InChI is InChI=1S/C22H22N2O2/c1-22(18-9-5-3-6-10-18,19-11-7-4-8-12-19)16-24-21(25)17-13-14-20(26-2)23-15-17/h3-15H,16H2,1-2H3,(H,24,25). The highest BCUT2D eigenvalue weighted by atomic mass is 16.5. The van der Waals surface area contributed by atoms with Gasteiger partial charge in [-0.15, -0.1) is 0 Å². The maximum Gasteiger partial charge on any atom is 0.252 e. The monoisotopic (exact) mass is 346 g/mol. The first kappa shape index (κ1) is 17.7. The first-order chi connectivity index (χ1) is 12.6. The van der Waals surface area contributed by atoms with Crippen molar-refractivity contribution in [2.75, 3.05) is 13.7 Å². The van der Waals surface area contributed by atoms with Gasteiger partial charge in [-0.05, 0) is 24.1 Å². The Morgan fingerprint density at radius 1 is 0.962 bits per heavy atom. The Labute approximate surface area is 153 Å². The lowest BCUT2D eigenvalue weighted by Crippen LogP contribution is -2.39. The van der Waals surface area contributed by atoms with Crippen molar-refractivity contribution in [3.05, 3.63) is 95.7 Å². The van der Waals surface area contributed by atoms with Crippen LogP contribution in [0.4, 0.5) is 0 Å². The van der Waals surface area contributed by atoms with Crippen LogP contribution in [0.1, 0.15) is 28.4 Å². The number of hydrogen-bond acceptors (Lipinski definition) is 3. The van der Waals surface area contributed by atoms with Crippen LogP contribution in [0.25, 0.3) is 0 Å².